The molecule has 0 bridgehead atoms. The summed E-state index contributed by atoms with van der Waals surface area (Å²) in [6.07, 6.45) is 2.94. The van der Waals surface area contributed by atoms with Crippen LogP contribution in [0.4, 0.5) is 10.5 Å². The van der Waals surface area contributed by atoms with E-state index >= 15 is 0 Å². The van der Waals surface area contributed by atoms with Gasteiger partial charge in [0.1, 0.15) is 17.0 Å². The van der Waals surface area contributed by atoms with Crippen LogP contribution in [0.15, 0.2) is 22.7 Å². The van der Waals surface area contributed by atoms with Crippen LogP contribution in [0, 0.1) is 0 Å². The molecule has 0 atom stereocenters. The fourth-order valence-corrected chi connectivity index (χ4v) is 5.68. The summed E-state index contributed by atoms with van der Waals surface area (Å²) in [5.41, 5.74) is 0.289. The van der Waals surface area contributed by atoms with Crippen molar-refractivity contribution in [2.24, 2.45) is 11.4 Å². The average Bonchev–Trinajstić information content (AvgIpc) is 3.09. The van der Waals surface area contributed by atoms with Gasteiger partial charge in [0.2, 0.25) is 11.7 Å². The second-order valence-corrected chi connectivity index (χ2v) is 9.61. The fourth-order valence-electron chi connectivity index (χ4n) is 3.13. The predicted molar refractivity (Wildman–Crippen MR) is 111 cm³/mol. The molecule has 2 heterocycles. The largest absolute Gasteiger partial charge is 0.514 e. The zero-order valence-corrected chi connectivity index (χ0v) is 18.4. The Morgan fingerprint density at radius 2 is 1.87 bits per heavy atom. The maximum Gasteiger partial charge on any atom is 0.514 e. The highest BCUT2D eigenvalue weighted by Crippen LogP contribution is 2.40. The van der Waals surface area contributed by atoms with Gasteiger partial charge in [-0.05, 0) is 25.0 Å². The number of hydrogen-bond donors (Lipinski definition) is 0. The molecule has 1 fully saturated rings. The molecular formula is C19H22ClN3O6S. The van der Waals surface area contributed by atoms with Gasteiger partial charge in [0.25, 0.3) is 0 Å². The number of methoxy groups -OCH3 is 2. The quantitative estimate of drug-likeness (QED) is 0.499. The molecule has 1 aromatic heterocycles. The number of carbonyl (C=O) groups excluding carboxylic acids is 2. The zero-order valence-electron chi connectivity index (χ0n) is 16.8. The van der Waals surface area contributed by atoms with Crippen LogP contribution in [0.2, 0.25) is 5.02 Å². The molecule has 0 amide bonds. The molecule has 1 aromatic carbocycles. The Kier molecular flexibility index (Phi) is 6.67. The molecule has 9 nitrogen and oxygen atoms in total. The SMILES string of the molecule is COC(=O)Oc1c(C(=O)c2ccc(OC)c(N=S3(=O)CCCCC3)c2Cl)cnn1C. The first kappa shape index (κ1) is 22.1. The topological polar surface area (TPSA) is 109 Å². The molecular weight excluding hydrogens is 434 g/mol. The molecule has 1 aliphatic rings. The van der Waals surface area contributed by atoms with Crippen LogP contribution < -0.4 is 9.47 Å². The highest BCUT2D eigenvalue weighted by atomic mass is 35.5. The zero-order chi connectivity index (χ0) is 21.9. The van der Waals surface area contributed by atoms with Crippen molar-refractivity contribution in [3.63, 3.8) is 0 Å². The van der Waals surface area contributed by atoms with E-state index in [1.807, 2.05) is 0 Å². The molecule has 0 radical (unpaired) electrons. The van der Waals surface area contributed by atoms with Gasteiger partial charge in [0.05, 0.1) is 35.2 Å². The van der Waals surface area contributed by atoms with Gasteiger partial charge in [-0.25, -0.2) is 13.7 Å². The summed E-state index contributed by atoms with van der Waals surface area (Å²) in [4.78, 5) is 24.7. The van der Waals surface area contributed by atoms with Crippen molar-refractivity contribution in [1.82, 2.24) is 9.78 Å². The minimum Gasteiger partial charge on any atom is -0.494 e. The van der Waals surface area contributed by atoms with Gasteiger partial charge in [-0.15, -0.1) is 0 Å². The standard InChI is InChI=1S/C19H22ClN3O6S/c1-23-18(29-19(25)28-3)13(11-21-23)17(24)12-7-8-14(27-2)16(15(12)20)22-30(26)9-5-4-6-10-30/h7-8,11H,4-6,9-10H2,1-3H3. The van der Waals surface area contributed by atoms with Crippen LogP contribution in [-0.4, -0.2) is 51.7 Å². The van der Waals surface area contributed by atoms with Gasteiger partial charge < -0.3 is 14.2 Å². The van der Waals surface area contributed by atoms with Crippen molar-refractivity contribution in [2.75, 3.05) is 25.7 Å². The summed E-state index contributed by atoms with van der Waals surface area (Å²) in [6.45, 7) is 0. The Labute approximate surface area is 179 Å². The third-order valence-electron chi connectivity index (χ3n) is 4.70. The number of nitrogens with zero attached hydrogens (tertiary/aromatic N) is 3. The number of aryl methyl sites for hydroxylation is 1. The molecule has 0 spiro atoms. The maximum absolute atomic E-state index is 13.2. The van der Waals surface area contributed by atoms with Crippen LogP contribution in [0.5, 0.6) is 11.6 Å². The second-order valence-electron chi connectivity index (χ2n) is 6.68. The van der Waals surface area contributed by atoms with Crippen molar-refractivity contribution in [2.45, 2.75) is 19.3 Å². The van der Waals surface area contributed by atoms with Crippen molar-refractivity contribution in [3.05, 3.63) is 34.5 Å². The fraction of sp³-hybridized carbons (Fsp3) is 0.421. The lowest BCUT2D eigenvalue weighted by Gasteiger charge is -2.17. The Balaban J connectivity index is 2.08. The molecule has 1 saturated heterocycles. The van der Waals surface area contributed by atoms with Gasteiger partial charge in [0, 0.05) is 24.1 Å². The molecule has 3 rings (SSSR count). The molecule has 11 heteroatoms. The van der Waals surface area contributed by atoms with Gasteiger partial charge in [-0.3, -0.25) is 4.79 Å². The predicted octanol–water partition coefficient (Wildman–Crippen LogP) is 3.74. The third kappa shape index (κ3) is 4.44. The first-order valence-corrected chi connectivity index (χ1v) is 11.4. The average molecular weight is 456 g/mol. The smallest absolute Gasteiger partial charge is 0.494 e. The lowest BCUT2D eigenvalue weighted by atomic mass is 10.0. The number of benzene rings is 1. The summed E-state index contributed by atoms with van der Waals surface area (Å²) < 4.78 is 33.6. The Morgan fingerprint density at radius 3 is 2.50 bits per heavy atom. The van der Waals surface area contributed by atoms with Crippen molar-refractivity contribution < 1.29 is 28.0 Å². The van der Waals surface area contributed by atoms with E-state index in [1.165, 1.54) is 31.1 Å². The number of aromatic nitrogens is 2. The number of rotatable bonds is 5. The molecule has 0 unspecified atom stereocenters. The number of ketones is 1. The number of ether oxygens (including phenoxy) is 3. The lowest BCUT2D eigenvalue weighted by molar-refractivity contribution is 0.102. The Bertz CT molecular complexity index is 1090. The maximum atomic E-state index is 13.2. The summed E-state index contributed by atoms with van der Waals surface area (Å²) in [7, 11) is 1.63. The van der Waals surface area contributed by atoms with E-state index in [0.717, 1.165) is 26.4 Å². The molecule has 1 aliphatic heterocycles. The minimum absolute atomic E-state index is 0.0144. The third-order valence-corrected chi connectivity index (χ3v) is 7.45. The van der Waals surface area contributed by atoms with Crippen LogP contribution in [0.1, 0.15) is 35.2 Å². The Morgan fingerprint density at radius 1 is 1.17 bits per heavy atom. The van der Waals surface area contributed by atoms with Crippen LogP contribution in [0.25, 0.3) is 0 Å². The van der Waals surface area contributed by atoms with Crippen LogP contribution >= 0.6 is 11.6 Å². The van der Waals surface area contributed by atoms with Crippen LogP contribution in [-0.2, 0) is 21.5 Å². The van der Waals surface area contributed by atoms with Gasteiger partial charge in [-0.1, -0.05) is 18.0 Å². The first-order valence-electron chi connectivity index (χ1n) is 9.21. The van der Waals surface area contributed by atoms with E-state index in [-0.39, 0.29) is 27.7 Å². The highest BCUT2D eigenvalue weighted by molar-refractivity contribution is 7.93. The highest BCUT2D eigenvalue weighted by Gasteiger charge is 2.26. The normalized spacial score (nSPS) is 15.3. The summed E-state index contributed by atoms with van der Waals surface area (Å²) >= 11 is 6.53. The minimum atomic E-state index is -2.48. The van der Waals surface area contributed by atoms with E-state index in [9.17, 15) is 13.8 Å². The van der Waals surface area contributed by atoms with Gasteiger partial charge >= 0.3 is 6.16 Å². The molecule has 0 N–H and O–H groups in total. The Hall–Kier alpha value is -2.59. The van der Waals surface area contributed by atoms with Gasteiger partial charge in [-0.2, -0.15) is 9.46 Å². The van der Waals surface area contributed by atoms with Crippen molar-refractivity contribution >= 4 is 39.0 Å². The van der Waals surface area contributed by atoms with E-state index < -0.39 is 21.7 Å². The first-order chi connectivity index (χ1) is 14.3. The van der Waals surface area contributed by atoms with E-state index in [2.05, 4.69) is 14.2 Å². The molecule has 30 heavy (non-hydrogen) atoms. The van der Waals surface area contributed by atoms with Crippen molar-refractivity contribution in [3.8, 4) is 11.6 Å². The van der Waals surface area contributed by atoms with E-state index in [4.69, 9.17) is 21.1 Å². The number of carbonyl (C=O) groups is 2. The molecule has 0 aliphatic carbocycles. The summed E-state index contributed by atoms with van der Waals surface area (Å²) in [5.74, 6) is 0.650. The second kappa shape index (κ2) is 9.05. The molecule has 2 aromatic rings. The lowest BCUT2D eigenvalue weighted by Crippen LogP contribution is -2.16. The van der Waals surface area contributed by atoms with E-state index in [1.54, 1.807) is 6.07 Å². The molecule has 0 saturated carbocycles. The number of halogens is 1. The summed E-state index contributed by atoms with van der Waals surface area (Å²) in [5, 5.41) is 3.98. The summed E-state index contributed by atoms with van der Waals surface area (Å²) in [6, 6.07) is 3.02. The molecule has 162 valence electrons. The van der Waals surface area contributed by atoms with Crippen LogP contribution in [0.3, 0.4) is 0 Å². The van der Waals surface area contributed by atoms with Gasteiger partial charge in [0.15, 0.2) is 0 Å². The number of hydrogen-bond acceptors (Lipinski definition) is 8. The van der Waals surface area contributed by atoms with E-state index in [0.29, 0.717) is 17.3 Å². The monoisotopic (exact) mass is 455 g/mol. The van der Waals surface area contributed by atoms with Crippen molar-refractivity contribution in [1.29, 1.82) is 0 Å².